The summed E-state index contributed by atoms with van der Waals surface area (Å²) < 4.78 is 5.43. The van der Waals surface area contributed by atoms with E-state index in [1.807, 2.05) is 45.0 Å². The number of nitrogens with one attached hydrogen (secondary N) is 2. The molecule has 0 saturated carbocycles. The van der Waals surface area contributed by atoms with Gasteiger partial charge in [-0.05, 0) is 48.7 Å². The maximum Gasteiger partial charge on any atom is 0.262 e. The number of carbonyl (C=O) groups is 2. The molecule has 8 heteroatoms. The van der Waals surface area contributed by atoms with Crippen LogP contribution >= 0.6 is 23.2 Å². The van der Waals surface area contributed by atoms with E-state index < -0.39 is 17.9 Å². The Labute approximate surface area is 180 Å². The summed E-state index contributed by atoms with van der Waals surface area (Å²) in [5.41, 5.74) is 3.48. The number of ether oxygens (including phenoxy) is 1. The first-order valence-corrected chi connectivity index (χ1v) is 9.89. The predicted molar refractivity (Wildman–Crippen MR) is 116 cm³/mol. The average molecular weight is 436 g/mol. The highest BCUT2D eigenvalue weighted by Gasteiger charge is 2.25. The zero-order chi connectivity index (χ0) is 21.4. The quantitative estimate of drug-likeness (QED) is 0.479. The molecule has 0 aliphatic rings. The topological polar surface area (TPSA) is 79.8 Å². The summed E-state index contributed by atoms with van der Waals surface area (Å²) >= 11 is 11.9. The van der Waals surface area contributed by atoms with E-state index in [9.17, 15) is 9.59 Å². The minimum atomic E-state index is -0.791. The minimum absolute atomic E-state index is 0.165. The van der Waals surface area contributed by atoms with Crippen molar-refractivity contribution in [3.8, 4) is 5.75 Å². The fourth-order valence-electron chi connectivity index (χ4n) is 2.52. The molecule has 2 amide bonds. The van der Waals surface area contributed by atoms with Crippen LogP contribution in [0.3, 0.4) is 0 Å². The van der Waals surface area contributed by atoms with Crippen molar-refractivity contribution in [1.82, 2.24) is 10.7 Å². The van der Waals surface area contributed by atoms with Gasteiger partial charge in [-0.2, -0.15) is 5.10 Å². The third-order valence-corrected chi connectivity index (χ3v) is 4.52. The van der Waals surface area contributed by atoms with Crippen LogP contribution < -0.4 is 15.5 Å². The molecule has 2 aromatic carbocycles. The Morgan fingerprint density at radius 2 is 1.93 bits per heavy atom. The van der Waals surface area contributed by atoms with Crippen molar-refractivity contribution in [2.75, 3.05) is 6.61 Å². The molecule has 0 heterocycles. The Bertz CT molecular complexity index is 900. The summed E-state index contributed by atoms with van der Waals surface area (Å²) in [6, 6.07) is 11.1. The predicted octanol–water partition coefficient (Wildman–Crippen LogP) is 4.30. The number of amides is 2. The van der Waals surface area contributed by atoms with Crippen LogP contribution in [0.25, 0.3) is 0 Å². The summed E-state index contributed by atoms with van der Waals surface area (Å²) in [7, 11) is 0. The van der Waals surface area contributed by atoms with Crippen molar-refractivity contribution < 1.29 is 14.3 Å². The first-order chi connectivity index (χ1) is 13.8. The largest absolute Gasteiger partial charge is 0.494 e. The highest BCUT2D eigenvalue weighted by Crippen LogP contribution is 2.21. The SMILES string of the molecule is CCOc1cccc(C=NNC(=O)C(NC(=O)c2ccc(Cl)cc2Cl)C(C)C)c1. The van der Waals surface area contributed by atoms with E-state index in [1.54, 1.807) is 6.07 Å². The van der Waals surface area contributed by atoms with Crippen molar-refractivity contribution in [3.05, 3.63) is 63.6 Å². The lowest BCUT2D eigenvalue weighted by Crippen LogP contribution is -2.48. The summed E-state index contributed by atoms with van der Waals surface area (Å²) in [5, 5.41) is 7.31. The smallest absolute Gasteiger partial charge is 0.262 e. The van der Waals surface area contributed by atoms with Gasteiger partial charge in [0.2, 0.25) is 0 Å². The van der Waals surface area contributed by atoms with Gasteiger partial charge in [-0.3, -0.25) is 9.59 Å². The monoisotopic (exact) mass is 435 g/mol. The molecule has 29 heavy (non-hydrogen) atoms. The number of hydrogen-bond donors (Lipinski definition) is 2. The maximum atomic E-state index is 12.5. The van der Waals surface area contributed by atoms with Gasteiger partial charge in [-0.25, -0.2) is 5.43 Å². The molecule has 2 rings (SSSR count). The van der Waals surface area contributed by atoms with Gasteiger partial charge in [0.1, 0.15) is 11.8 Å². The summed E-state index contributed by atoms with van der Waals surface area (Å²) in [6.07, 6.45) is 1.51. The second-order valence-corrected chi connectivity index (χ2v) is 7.40. The van der Waals surface area contributed by atoms with Crippen LogP contribution in [0.1, 0.15) is 36.7 Å². The lowest BCUT2D eigenvalue weighted by molar-refractivity contribution is -0.123. The Morgan fingerprint density at radius 3 is 2.59 bits per heavy atom. The fraction of sp³-hybridized carbons (Fsp3) is 0.286. The van der Waals surface area contributed by atoms with Crippen LogP contribution in [-0.2, 0) is 4.79 Å². The van der Waals surface area contributed by atoms with Crippen LogP contribution in [0.2, 0.25) is 10.0 Å². The normalized spacial score (nSPS) is 12.1. The molecular weight excluding hydrogens is 413 g/mol. The minimum Gasteiger partial charge on any atom is -0.494 e. The Kier molecular flexibility index (Phi) is 8.49. The van der Waals surface area contributed by atoms with E-state index in [-0.39, 0.29) is 16.5 Å². The molecule has 0 bridgehead atoms. The number of rotatable bonds is 8. The number of hydrogen-bond acceptors (Lipinski definition) is 4. The molecule has 0 spiro atoms. The molecule has 0 aliphatic carbocycles. The van der Waals surface area contributed by atoms with Crippen LogP contribution in [0.15, 0.2) is 47.6 Å². The molecule has 0 aromatic heterocycles. The van der Waals surface area contributed by atoms with E-state index in [4.69, 9.17) is 27.9 Å². The Balaban J connectivity index is 2.03. The molecule has 0 fully saturated rings. The zero-order valence-corrected chi connectivity index (χ0v) is 17.9. The van der Waals surface area contributed by atoms with E-state index in [1.165, 1.54) is 18.3 Å². The zero-order valence-electron chi connectivity index (χ0n) is 16.4. The second kappa shape index (κ2) is 10.8. The number of benzene rings is 2. The van der Waals surface area contributed by atoms with Crippen molar-refractivity contribution in [3.63, 3.8) is 0 Å². The van der Waals surface area contributed by atoms with Crippen LogP contribution in [0.4, 0.5) is 0 Å². The third kappa shape index (κ3) is 6.76. The van der Waals surface area contributed by atoms with Crippen LogP contribution in [0.5, 0.6) is 5.75 Å². The average Bonchev–Trinajstić information content (AvgIpc) is 2.66. The van der Waals surface area contributed by atoms with Crippen LogP contribution in [-0.4, -0.2) is 30.7 Å². The standard InChI is InChI=1S/C21H23Cl2N3O3/c1-4-29-16-7-5-6-14(10-16)12-24-26-21(28)19(13(2)3)25-20(27)17-9-8-15(22)11-18(17)23/h5-13,19H,4H2,1-3H3,(H,25,27)(H,26,28). The van der Waals surface area contributed by atoms with Crippen molar-refractivity contribution in [2.24, 2.45) is 11.0 Å². The molecule has 0 saturated heterocycles. The van der Waals surface area contributed by atoms with Crippen molar-refractivity contribution in [2.45, 2.75) is 26.8 Å². The Hall–Kier alpha value is -2.57. The van der Waals surface area contributed by atoms with Crippen molar-refractivity contribution >= 4 is 41.2 Å². The van der Waals surface area contributed by atoms with Gasteiger partial charge in [0.15, 0.2) is 0 Å². The fourth-order valence-corrected chi connectivity index (χ4v) is 3.01. The third-order valence-electron chi connectivity index (χ3n) is 3.97. The van der Waals surface area contributed by atoms with Gasteiger partial charge in [0.05, 0.1) is 23.4 Å². The molecule has 2 aromatic rings. The van der Waals surface area contributed by atoms with E-state index in [2.05, 4.69) is 15.8 Å². The van der Waals surface area contributed by atoms with E-state index >= 15 is 0 Å². The number of nitrogens with zero attached hydrogens (tertiary/aromatic N) is 1. The van der Waals surface area contributed by atoms with Gasteiger partial charge in [0.25, 0.3) is 11.8 Å². The highest BCUT2D eigenvalue weighted by molar-refractivity contribution is 6.36. The molecule has 1 atom stereocenters. The van der Waals surface area contributed by atoms with Gasteiger partial charge >= 0.3 is 0 Å². The van der Waals surface area contributed by atoms with Gasteiger partial charge in [0, 0.05) is 5.02 Å². The summed E-state index contributed by atoms with van der Waals surface area (Å²) in [6.45, 7) is 6.11. The lowest BCUT2D eigenvalue weighted by atomic mass is 10.0. The molecule has 2 N–H and O–H groups in total. The molecular formula is C21H23Cl2N3O3. The maximum absolute atomic E-state index is 12.5. The highest BCUT2D eigenvalue weighted by atomic mass is 35.5. The summed E-state index contributed by atoms with van der Waals surface area (Å²) in [5.74, 6) is -0.346. The van der Waals surface area contributed by atoms with E-state index in [0.29, 0.717) is 11.6 Å². The van der Waals surface area contributed by atoms with Gasteiger partial charge in [-0.15, -0.1) is 0 Å². The summed E-state index contributed by atoms with van der Waals surface area (Å²) in [4.78, 5) is 25.1. The number of halogens is 2. The number of carbonyl (C=O) groups excluding carboxylic acids is 2. The van der Waals surface area contributed by atoms with Crippen LogP contribution in [0, 0.1) is 5.92 Å². The first-order valence-electron chi connectivity index (χ1n) is 9.13. The molecule has 1 unspecified atom stereocenters. The van der Waals surface area contributed by atoms with E-state index in [0.717, 1.165) is 11.3 Å². The molecule has 154 valence electrons. The Morgan fingerprint density at radius 1 is 1.17 bits per heavy atom. The number of hydrazone groups is 1. The molecule has 0 aliphatic heterocycles. The lowest BCUT2D eigenvalue weighted by Gasteiger charge is -2.20. The second-order valence-electron chi connectivity index (χ2n) is 6.56. The van der Waals surface area contributed by atoms with Gasteiger partial charge in [-0.1, -0.05) is 49.2 Å². The molecule has 6 nitrogen and oxygen atoms in total. The molecule has 0 radical (unpaired) electrons. The van der Waals surface area contributed by atoms with Gasteiger partial charge < -0.3 is 10.1 Å². The first kappa shape index (κ1) is 22.7. The van der Waals surface area contributed by atoms with Crippen molar-refractivity contribution in [1.29, 1.82) is 0 Å².